The molecule has 0 aromatic heterocycles. The van der Waals surface area contributed by atoms with Gasteiger partial charge in [-0.15, -0.1) is 0 Å². The minimum atomic E-state index is -0.162. The van der Waals surface area contributed by atoms with Crippen molar-refractivity contribution >= 4 is 5.97 Å². The Balaban J connectivity index is 1.20. The number of esters is 1. The van der Waals surface area contributed by atoms with Crippen molar-refractivity contribution in [3.05, 3.63) is 47.5 Å². The van der Waals surface area contributed by atoms with E-state index in [9.17, 15) is 4.79 Å². The van der Waals surface area contributed by atoms with Crippen molar-refractivity contribution in [1.29, 1.82) is 0 Å². The minimum absolute atomic E-state index is 0.0358. The van der Waals surface area contributed by atoms with Crippen LogP contribution in [0, 0.1) is 34.5 Å². The van der Waals surface area contributed by atoms with Crippen molar-refractivity contribution in [2.24, 2.45) is 34.5 Å². The molecule has 3 saturated carbocycles. The molecule has 1 saturated heterocycles. The largest absolute Gasteiger partial charge is 0.458 e. The lowest BCUT2D eigenvalue weighted by atomic mass is 9.47. The molecule has 0 bridgehead atoms. The molecule has 1 aromatic carbocycles. The second kappa shape index (κ2) is 7.45. The molecule has 1 aliphatic heterocycles. The summed E-state index contributed by atoms with van der Waals surface area (Å²) in [6, 6.07) is 10.2. The fourth-order valence-electron chi connectivity index (χ4n) is 9.32. The Morgan fingerprint density at radius 2 is 1.81 bits per heavy atom. The Hall–Kier alpha value is -1.61. The molecule has 0 unspecified atom stereocenters. The lowest BCUT2D eigenvalue weighted by Crippen LogP contribution is -2.51. The summed E-state index contributed by atoms with van der Waals surface area (Å²) in [6.45, 7) is 6.36. The Labute approximate surface area is 193 Å². The molecule has 6 rings (SSSR count). The Kier molecular flexibility index (Phi) is 4.88. The molecule has 1 heterocycles. The number of hydrogen-bond acceptors (Lipinski definition) is 3. The van der Waals surface area contributed by atoms with Gasteiger partial charge in [-0.05, 0) is 106 Å². The average molecular weight is 434 g/mol. The molecule has 8 atom stereocenters. The quantitative estimate of drug-likeness (QED) is 0.417. The first kappa shape index (κ1) is 21.0. The van der Waals surface area contributed by atoms with Gasteiger partial charge in [0.2, 0.25) is 0 Å². The molecule has 3 nitrogen and oxygen atoms in total. The predicted octanol–water partition coefficient (Wildman–Crippen LogP) is 6.11. The predicted molar refractivity (Wildman–Crippen MR) is 127 cm³/mol. The number of benzene rings is 1. The molecular formula is C29H39NO2. The zero-order chi connectivity index (χ0) is 22.1. The van der Waals surface area contributed by atoms with Crippen molar-refractivity contribution < 1.29 is 9.53 Å². The molecule has 0 radical (unpaired) electrons. The maximum absolute atomic E-state index is 12.6. The van der Waals surface area contributed by atoms with E-state index in [0.717, 1.165) is 42.6 Å². The molecule has 32 heavy (non-hydrogen) atoms. The highest BCUT2D eigenvalue weighted by molar-refractivity contribution is 5.89. The summed E-state index contributed by atoms with van der Waals surface area (Å²) < 4.78 is 5.97. The van der Waals surface area contributed by atoms with Crippen LogP contribution in [-0.4, -0.2) is 36.6 Å². The van der Waals surface area contributed by atoms with Crippen molar-refractivity contribution in [2.75, 3.05) is 13.6 Å². The van der Waals surface area contributed by atoms with Crippen molar-refractivity contribution in [3.8, 4) is 0 Å². The van der Waals surface area contributed by atoms with Crippen LogP contribution in [0.2, 0.25) is 0 Å². The number of allylic oxidation sites excluding steroid dienone is 1. The summed E-state index contributed by atoms with van der Waals surface area (Å²) in [4.78, 5) is 15.3. The molecule has 1 aromatic rings. The van der Waals surface area contributed by atoms with Crippen LogP contribution in [0.25, 0.3) is 0 Å². The number of rotatable bonds is 2. The van der Waals surface area contributed by atoms with Gasteiger partial charge in [0.1, 0.15) is 6.10 Å². The van der Waals surface area contributed by atoms with Crippen LogP contribution in [-0.2, 0) is 4.74 Å². The molecule has 4 aliphatic carbocycles. The third-order valence-electron chi connectivity index (χ3n) is 10.9. The van der Waals surface area contributed by atoms with Crippen molar-refractivity contribution in [3.63, 3.8) is 0 Å². The average Bonchev–Trinajstić information content (AvgIpc) is 3.28. The number of nitrogens with zero attached hydrogens (tertiary/aromatic N) is 1. The highest BCUT2D eigenvalue weighted by Gasteiger charge is 2.64. The van der Waals surface area contributed by atoms with Crippen molar-refractivity contribution in [1.82, 2.24) is 4.90 Å². The number of ether oxygens (including phenoxy) is 1. The zero-order valence-electron chi connectivity index (χ0n) is 20.1. The molecular weight excluding hydrogens is 394 g/mol. The zero-order valence-corrected chi connectivity index (χ0v) is 20.1. The summed E-state index contributed by atoms with van der Waals surface area (Å²) in [5.74, 6) is 3.37. The molecule has 3 heteroatoms. The van der Waals surface area contributed by atoms with Crippen LogP contribution in [0.5, 0.6) is 0 Å². The van der Waals surface area contributed by atoms with Gasteiger partial charge in [-0.3, -0.25) is 0 Å². The van der Waals surface area contributed by atoms with Crippen LogP contribution >= 0.6 is 0 Å². The highest BCUT2D eigenvalue weighted by Crippen LogP contribution is 2.68. The standard InChI is InChI=1S/C29H39NO2/c1-19-24-11-12-26-23-10-9-21-17-22(32-27(31)20-7-5-4-6-8-20)13-15-28(21,2)25(23)14-16-29(24,26)18-30(19)3/h4-9,19,22-26H,10-18H2,1-3H3/t19-,22-,23+,24+,25-,26-,28-,29-/m0/s1. The second-order valence-corrected chi connectivity index (χ2v) is 12.0. The summed E-state index contributed by atoms with van der Waals surface area (Å²) in [5.41, 5.74) is 3.18. The van der Waals surface area contributed by atoms with Crippen LogP contribution < -0.4 is 0 Å². The SMILES string of the molecule is C[C@H]1[C@H]2CC[C@H]3[C@@H]4CC=C5C[C@@H](OC(=O)c6ccccc6)CC[C@]5(C)[C@H]4CC[C@]23CN1C. The van der Waals surface area contributed by atoms with Gasteiger partial charge in [-0.2, -0.15) is 0 Å². The fraction of sp³-hybridized carbons (Fsp3) is 0.690. The minimum Gasteiger partial charge on any atom is -0.458 e. The smallest absolute Gasteiger partial charge is 0.338 e. The topological polar surface area (TPSA) is 29.5 Å². The summed E-state index contributed by atoms with van der Waals surface area (Å²) >= 11 is 0. The van der Waals surface area contributed by atoms with Crippen LogP contribution in [0.15, 0.2) is 42.0 Å². The number of likely N-dealkylation sites (tertiary alicyclic amines) is 1. The van der Waals surface area contributed by atoms with Gasteiger partial charge in [-0.25, -0.2) is 4.79 Å². The van der Waals surface area contributed by atoms with E-state index in [-0.39, 0.29) is 12.1 Å². The molecule has 0 amide bonds. The van der Waals surface area contributed by atoms with Gasteiger partial charge in [0, 0.05) is 19.0 Å². The van der Waals surface area contributed by atoms with Gasteiger partial charge in [0.25, 0.3) is 0 Å². The fourth-order valence-corrected chi connectivity index (χ4v) is 9.32. The summed E-state index contributed by atoms with van der Waals surface area (Å²) in [7, 11) is 2.36. The molecule has 172 valence electrons. The van der Waals surface area contributed by atoms with Gasteiger partial charge >= 0.3 is 5.97 Å². The lowest BCUT2D eigenvalue weighted by molar-refractivity contribution is -0.0507. The molecule has 4 fully saturated rings. The normalized spacial score (nSPS) is 45.3. The van der Waals surface area contributed by atoms with Gasteiger partial charge in [0.15, 0.2) is 0 Å². The lowest BCUT2D eigenvalue weighted by Gasteiger charge is -2.58. The Bertz CT molecular complexity index is 924. The summed E-state index contributed by atoms with van der Waals surface area (Å²) in [6.07, 6.45) is 12.8. The molecule has 5 aliphatic rings. The van der Waals surface area contributed by atoms with E-state index in [4.69, 9.17) is 4.74 Å². The monoisotopic (exact) mass is 433 g/mol. The van der Waals surface area contributed by atoms with Gasteiger partial charge in [-0.1, -0.05) is 36.8 Å². The van der Waals surface area contributed by atoms with Crippen LogP contribution in [0.3, 0.4) is 0 Å². The second-order valence-electron chi connectivity index (χ2n) is 12.0. The van der Waals surface area contributed by atoms with E-state index in [1.807, 2.05) is 30.3 Å². The van der Waals surface area contributed by atoms with Crippen LogP contribution in [0.1, 0.15) is 75.6 Å². The third kappa shape index (κ3) is 2.92. The van der Waals surface area contributed by atoms with E-state index in [1.54, 1.807) is 5.57 Å². The Morgan fingerprint density at radius 1 is 1.03 bits per heavy atom. The maximum Gasteiger partial charge on any atom is 0.338 e. The number of carbonyl (C=O) groups excluding carboxylic acids is 1. The highest BCUT2D eigenvalue weighted by atomic mass is 16.5. The summed E-state index contributed by atoms with van der Waals surface area (Å²) in [5, 5.41) is 0. The number of fused-ring (bicyclic) bond motifs is 4. The molecule has 1 spiro atoms. The van der Waals surface area contributed by atoms with E-state index in [1.165, 1.54) is 45.1 Å². The van der Waals surface area contributed by atoms with Crippen molar-refractivity contribution in [2.45, 2.75) is 77.4 Å². The third-order valence-corrected chi connectivity index (χ3v) is 10.9. The van der Waals surface area contributed by atoms with Crippen LogP contribution in [0.4, 0.5) is 0 Å². The number of hydrogen-bond donors (Lipinski definition) is 0. The Morgan fingerprint density at radius 3 is 2.62 bits per heavy atom. The maximum atomic E-state index is 12.6. The first-order valence-corrected chi connectivity index (χ1v) is 13.1. The van der Waals surface area contributed by atoms with Gasteiger partial charge in [0.05, 0.1) is 5.56 Å². The van der Waals surface area contributed by atoms with E-state index in [0.29, 0.717) is 16.4 Å². The number of carbonyl (C=O) groups is 1. The van der Waals surface area contributed by atoms with E-state index >= 15 is 0 Å². The first-order chi connectivity index (χ1) is 15.4. The van der Waals surface area contributed by atoms with Gasteiger partial charge < -0.3 is 9.64 Å². The van der Waals surface area contributed by atoms with E-state index < -0.39 is 0 Å². The first-order valence-electron chi connectivity index (χ1n) is 13.1. The molecule has 0 N–H and O–H groups in total. The van der Waals surface area contributed by atoms with E-state index in [2.05, 4.69) is 31.9 Å².